The number of hydrogen-bond acceptors (Lipinski definition) is 9. The number of nitrogen functional groups attached to an aromatic ring is 2. The highest BCUT2D eigenvalue weighted by Gasteiger charge is 2.20. The number of halogens is 2. The summed E-state index contributed by atoms with van der Waals surface area (Å²) in [6.07, 6.45) is 5.73. The predicted molar refractivity (Wildman–Crippen MR) is 125 cm³/mol. The Morgan fingerprint density at radius 3 is 2.67 bits per heavy atom. The minimum atomic E-state index is -2.88. The van der Waals surface area contributed by atoms with Crippen molar-refractivity contribution in [3.63, 3.8) is 0 Å². The van der Waals surface area contributed by atoms with Crippen molar-refractivity contribution in [1.82, 2.24) is 24.8 Å². The van der Waals surface area contributed by atoms with Gasteiger partial charge in [-0.15, -0.1) is 21.5 Å². The van der Waals surface area contributed by atoms with E-state index in [1.54, 1.807) is 23.5 Å². The van der Waals surface area contributed by atoms with Crippen molar-refractivity contribution in [2.45, 2.75) is 49.6 Å². The fourth-order valence-corrected chi connectivity index (χ4v) is 5.96. The molecule has 3 heterocycles. The Morgan fingerprint density at radius 2 is 1.88 bits per heavy atom. The van der Waals surface area contributed by atoms with Crippen molar-refractivity contribution in [3.05, 3.63) is 40.5 Å². The van der Waals surface area contributed by atoms with Crippen LogP contribution in [0.15, 0.2) is 29.4 Å². The molecule has 1 aromatic carbocycles. The summed E-state index contributed by atoms with van der Waals surface area (Å²) < 4.78 is 30.4. The molecule has 1 aliphatic carbocycles. The molecular formula is C21H21F2N7OS2. The van der Waals surface area contributed by atoms with Crippen LogP contribution in [0.5, 0.6) is 5.75 Å². The Kier molecular flexibility index (Phi) is 6.02. The van der Waals surface area contributed by atoms with E-state index in [-0.39, 0.29) is 5.75 Å². The van der Waals surface area contributed by atoms with Crippen molar-refractivity contribution in [3.8, 4) is 17.1 Å². The number of anilines is 1. The molecule has 0 aliphatic heterocycles. The maximum absolute atomic E-state index is 12.3. The number of ether oxygens (including phenoxy) is 1. The number of thiophene rings is 1. The van der Waals surface area contributed by atoms with Crippen LogP contribution >= 0.6 is 23.1 Å². The van der Waals surface area contributed by atoms with Gasteiger partial charge in [0.25, 0.3) is 0 Å². The fraction of sp³-hybridized carbons (Fsp3) is 0.333. The van der Waals surface area contributed by atoms with E-state index in [2.05, 4.69) is 19.9 Å². The molecule has 5 rings (SSSR count). The van der Waals surface area contributed by atoms with E-state index in [1.165, 1.54) is 58.3 Å². The Hall–Kier alpha value is -2.99. The van der Waals surface area contributed by atoms with Crippen LogP contribution in [0.25, 0.3) is 21.6 Å². The number of hydrogen-bond donors (Lipinski definition) is 2. The van der Waals surface area contributed by atoms with Gasteiger partial charge in [-0.2, -0.15) is 8.78 Å². The van der Waals surface area contributed by atoms with Gasteiger partial charge in [-0.1, -0.05) is 18.2 Å². The van der Waals surface area contributed by atoms with Crippen LogP contribution in [0.2, 0.25) is 0 Å². The number of fused-ring (bicyclic) bond motifs is 3. The summed E-state index contributed by atoms with van der Waals surface area (Å²) in [7, 11) is 0. The largest absolute Gasteiger partial charge is 0.435 e. The van der Waals surface area contributed by atoms with Crippen LogP contribution in [-0.2, 0) is 18.6 Å². The molecule has 0 radical (unpaired) electrons. The molecule has 4 aromatic rings. The molecule has 12 heteroatoms. The maximum atomic E-state index is 12.3. The molecule has 172 valence electrons. The van der Waals surface area contributed by atoms with Gasteiger partial charge in [-0.25, -0.2) is 14.6 Å². The standard InChI is InChI=1S/C21H21F2N7OS2/c22-20(23)31-12-8-6-11(7-9-12)18-28-29-21(30(18)25)32-10-15-26-17(24)16-13-4-2-1-3-5-14(13)33-19(16)27-15/h6-9,20H,1-5,10,25H2,(H2,24,26,27). The number of aryl methyl sites for hydroxylation is 2. The lowest BCUT2D eigenvalue weighted by Crippen LogP contribution is -2.11. The van der Waals surface area contributed by atoms with Gasteiger partial charge < -0.3 is 16.3 Å². The van der Waals surface area contributed by atoms with Gasteiger partial charge in [-0.3, -0.25) is 0 Å². The van der Waals surface area contributed by atoms with E-state index < -0.39 is 6.61 Å². The van der Waals surface area contributed by atoms with Crippen LogP contribution in [0, 0.1) is 0 Å². The summed E-state index contributed by atoms with van der Waals surface area (Å²) in [5, 5.41) is 9.75. The Labute approximate surface area is 196 Å². The molecule has 0 atom stereocenters. The van der Waals surface area contributed by atoms with Gasteiger partial charge in [0.05, 0.1) is 11.1 Å². The molecule has 0 unspecified atom stereocenters. The van der Waals surface area contributed by atoms with E-state index in [0.29, 0.717) is 33.9 Å². The predicted octanol–water partition coefficient (Wildman–Crippen LogP) is 4.41. The minimum absolute atomic E-state index is 0.0578. The molecule has 0 saturated carbocycles. The Morgan fingerprint density at radius 1 is 1.09 bits per heavy atom. The lowest BCUT2D eigenvalue weighted by molar-refractivity contribution is -0.0498. The SMILES string of the molecule is Nc1nc(CSc2nnc(-c3ccc(OC(F)F)cc3)n2N)nc2sc3c(c12)CCCCC3. The molecule has 4 N–H and O–H groups in total. The van der Waals surface area contributed by atoms with Gasteiger partial charge >= 0.3 is 6.61 Å². The maximum Gasteiger partial charge on any atom is 0.387 e. The molecular weight excluding hydrogens is 468 g/mol. The fourth-order valence-electron chi connectivity index (χ4n) is 3.96. The molecule has 1 aliphatic rings. The van der Waals surface area contributed by atoms with Gasteiger partial charge in [0.1, 0.15) is 22.2 Å². The van der Waals surface area contributed by atoms with E-state index >= 15 is 0 Å². The van der Waals surface area contributed by atoms with Crippen molar-refractivity contribution in [2.24, 2.45) is 0 Å². The zero-order valence-electron chi connectivity index (χ0n) is 17.5. The summed E-state index contributed by atoms with van der Waals surface area (Å²) in [5.41, 5.74) is 8.27. The number of thioether (sulfide) groups is 1. The summed E-state index contributed by atoms with van der Waals surface area (Å²) in [6.45, 7) is -2.88. The van der Waals surface area contributed by atoms with Crippen molar-refractivity contribution >= 4 is 39.1 Å². The first kappa shape index (κ1) is 21.8. The zero-order chi connectivity index (χ0) is 22.9. The van der Waals surface area contributed by atoms with Crippen LogP contribution in [-0.4, -0.2) is 31.5 Å². The van der Waals surface area contributed by atoms with E-state index in [4.69, 9.17) is 16.6 Å². The van der Waals surface area contributed by atoms with Gasteiger partial charge in [-0.05, 0) is 55.5 Å². The average molecular weight is 490 g/mol. The number of alkyl halides is 2. The summed E-state index contributed by atoms with van der Waals surface area (Å²) >= 11 is 3.06. The van der Waals surface area contributed by atoms with Crippen molar-refractivity contribution < 1.29 is 13.5 Å². The van der Waals surface area contributed by atoms with E-state index in [9.17, 15) is 8.78 Å². The second-order valence-corrected chi connectivity index (χ2v) is 9.66. The lowest BCUT2D eigenvalue weighted by atomic mass is 10.1. The first-order chi connectivity index (χ1) is 16.0. The molecule has 33 heavy (non-hydrogen) atoms. The topological polar surface area (TPSA) is 118 Å². The van der Waals surface area contributed by atoms with Crippen LogP contribution < -0.4 is 16.3 Å². The molecule has 0 bridgehead atoms. The number of nitrogens with two attached hydrogens (primary N) is 2. The average Bonchev–Trinajstić information content (AvgIpc) is 3.24. The number of aromatic nitrogens is 5. The molecule has 0 amide bonds. The van der Waals surface area contributed by atoms with Crippen LogP contribution in [0.3, 0.4) is 0 Å². The summed E-state index contributed by atoms with van der Waals surface area (Å²) in [5.74, 6) is 8.20. The molecule has 0 saturated heterocycles. The first-order valence-corrected chi connectivity index (χ1v) is 12.2. The normalized spacial score (nSPS) is 13.9. The number of nitrogens with zero attached hydrogens (tertiary/aromatic N) is 5. The molecule has 0 fully saturated rings. The smallest absolute Gasteiger partial charge is 0.387 e. The quantitative estimate of drug-likeness (QED) is 0.232. The third-order valence-electron chi connectivity index (χ3n) is 5.47. The third kappa shape index (κ3) is 4.44. The monoisotopic (exact) mass is 489 g/mol. The van der Waals surface area contributed by atoms with Crippen molar-refractivity contribution in [2.75, 3.05) is 11.6 Å². The lowest BCUT2D eigenvalue weighted by Gasteiger charge is -2.06. The van der Waals surface area contributed by atoms with E-state index in [1.807, 2.05) is 0 Å². The van der Waals surface area contributed by atoms with Crippen LogP contribution in [0.1, 0.15) is 35.5 Å². The Balaban J connectivity index is 1.33. The van der Waals surface area contributed by atoms with Gasteiger partial charge in [0.15, 0.2) is 5.82 Å². The van der Waals surface area contributed by atoms with Crippen LogP contribution in [0.4, 0.5) is 14.6 Å². The van der Waals surface area contributed by atoms with Gasteiger partial charge in [0, 0.05) is 10.4 Å². The second kappa shape index (κ2) is 9.10. The van der Waals surface area contributed by atoms with E-state index in [0.717, 1.165) is 23.1 Å². The zero-order valence-corrected chi connectivity index (χ0v) is 19.1. The summed E-state index contributed by atoms with van der Waals surface area (Å²) in [6, 6.07) is 6.05. The minimum Gasteiger partial charge on any atom is -0.435 e. The first-order valence-electron chi connectivity index (χ1n) is 10.4. The number of benzene rings is 1. The molecule has 8 nitrogen and oxygen atoms in total. The van der Waals surface area contributed by atoms with Crippen molar-refractivity contribution in [1.29, 1.82) is 0 Å². The molecule has 0 spiro atoms. The number of rotatable bonds is 6. The highest BCUT2D eigenvalue weighted by Crippen LogP contribution is 2.37. The van der Waals surface area contributed by atoms with Gasteiger partial charge in [0.2, 0.25) is 5.16 Å². The highest BCUT2D eigenvalue weighted by atomic mass is 32.2. The molecule has 3 aromatic heterocycles. The second-order valence-electron chi connectivity index (χ2n) is 7.64. The summed E-state index contributed by atoms with van der Waals surface area (Å²) in [4.78, 5) is 11.6. The Bertz CT molecular complexity index is 1290. The third-order valence-corrected chi connectivity index (χ3v) is 7.60. The highest BCUT2D eigenvalue weighted by molar-refractivity contribution is 7.98.